The molecule has 0 spiro atoms. The summed E-state index contributed by atoms with van der Waals surface area (Å²) in [5.74, 6) is 3.25. The third-order valence-corrected chi connectivity index (χ3v) is 15.3. The molecule has 0 radical (unpaired) electrons. The number of carbonyl (C=O) groups excluding carboxylic acids is 3. The number of rotatable bonds is 6. The van der Waals surface area contributed by atoms with Gasteiger partial charge in [0.25, 0.3) is 0 Å². The number of likely N-dealkylation sites (N-methyl/N-ethyl adjacent to an activating group) is 1. The molecule has 1 aromatic carbocycles. The van der Waals surface area contributed by atoms with Gasteiger partial charge in [0, 0.05) is 13.1 Å². The van der Waals surface area contributed by atoms with Crippen molar-refractivity contribution in [3.63, 3.8) is 0 Å². The lowest BCUT2D eigenvalue weighted by Gasteiger charge is -2.72. The topological polar surface area (TPSA) is 66.5 Å². The van der Waals surface area contributed by atoms with Gasteiger partial charge in [0.05, 0.1) is 5.41 Å². The predicted octanol–water partition coefficient (Wildman–Crippen LogP) is 8.74. The molecule has 1 N–H and O–H groups in total. The summed E-state index contributed by atoms with van der Waals surface area (Å²) in [6, 6.07) is 9.28. The molecule has 0 bridgehead atoms. The molecule has 4 saturated carbocycles. The molecule has 258 valence electrons. The molecule has 9 atom stereocenters. The number of nitrogens with one attached hydrogen (secondary N) is 1. The van der Waals surface area contributed by atoms with Gasteiger partial charge in [-0.25, -0.2) is 0 Å². The van der Waals surface area contributed by atoms with Crippen LogP contribution in [0.2, 0.25) is 0 Å². The monoisotopic (exact) mass is 642 g/mol. The van der Waals surface area contributed by atoms with Crippen molar-refractivity contribution in [1.82, 2.24) is 10.2 Å². The molecular formula is C42H62N2O3. The summed E-state index contributed by atoms with van der Waals surface area (Å²) in [7, 11) is 4.18. The van der Waals surface area contributed by atoms with E-state index < -0.39 is 0 Å². The summed E-state index contributed by atoms with van der Waals surface area (Å²) in [5, 5.41) is 3.44. The number of amides is 1. The van der Waals surface area contributed by atoms with Gasteiger partial charge < -0.3 is 10.2 Å². The third kappa shape index (κ3) is 5.52. The van der Waals surface area contributed by atoms with Crippen LogP contribution in [-0.2, 0) is 14.4 Å². The molecular weight excluding hydrogens is 580 g/mol. The summed E-state index contributed by atoms with van der Waals surface area (Å²) in [5.41, 5.74) is 6.44. The van der Waals surface area contributed by atoms with Crippen LogP contribution in [-0.4, -0.2) is 44.1 Å². The van der Waals surface area contributed by atoms with Crippen molar-refractivity contribution >= 4 is 17.6 Å². The molecule has 47 heavy (non-hydrogen) atoms. The largest absolute Gasteiger partial charge is 0.373 e. The molecule has 5 aliphatic rings. The molecule has 5 nitrogen and oxygen atoms in total. The Bertz CT molecular complexity index is 1420. The average molecular weight is 643 g/mol. The van der Waals surface area contributed by atoms with Crippen LogP contribution in [0.15, 0.2) is 42.5 Å². The maximum atomic E-state index is 14.2. The molecule has 0 heterocycles. The van der Waals surface area contributed by atoms with Crippen LogP contribution >= 0.6 is 0 Å². The summed E-state index contributed by atoms with van der Waals surface area (Å²) >= 11 is 0. The van der Waals surface area contributed by atoms with Gasteiger partial charge in [0.15, 0.2) is 0 Å². The van der Waals surface area contributed by atoms with E-state index in [-0.39, 0.29) is 22.4 Å². The van der Waals surface area contributed by atoms with E-state index in [1.54, 1.807) is 5.57 Å². The second-order valence-electron chi connectivity index (χ2n) is 17.9. The maximum absolute atomic E-state index is 14.2. The Morgan fingerprint density at radius 2 is 1.57 bits per heavy atom. The van der Waals surface area contributed by atoms with Gasteiger partial charge >= 0.3 is 6.15 Å². The Hall–Kier alpha value is -2.49. The zero-order valence-corrected chi connectivity index (χ0v) is 30.9. The fourth-order valence-corrected chi connectivity index (χ4v) is 12.9. The summed E-state index contributed by atoms with van der Waals surface area (Å²) in [6.07, 6.45) is 13.7. The highest BCUT2D eigenvalue weighted by Crippen LogP contribution is 2.77. The van der Waals surface area contributed by atoms with E-state index in [4.69, 9.17) is 9.59 Å². The normalized spacial score (nSPS) is 39.9. The molecule has 1 amide bonds. The Labute approximate surface area is 285 Å². The zero-order valence-electron chi connectivity index (χ0n) is 30.9. The van der Waals surface area contributed by atoms with Crippen LogP contribution in [0.3, 0.4) is 0 Å². The first-order chi connectivity index (χ1) is 22.0. The third-order valence-electron chi connectivity index (χ3n) is 15.3. The molecule has 0 saturated heterocycles. The summed E-state index contributed by atoms with van der Waals surface area (Å²) in [4.78, 5) is 32.6. The summed E-state index contributed by atoms with van der Waals surface area (Å²) < 4.78 is 0. The minimum Gasteiger partial charge on any atom is -0.354 e. The lowest BCUT2D eigenvalue weighted by Crippen LogP contribution is -2.66. The van der Waals surface area contributed by atoms with Crippen molar-refractivity contribution in [3.05, 3.63) is 53.6 Å². The quantitative estimate of drug-likeness (QED) is 0.315. The molecule has 0 aromatic heterocycles. The van der Waals surface area contributed by atoms with Gasteiger partial charge in [0.2, 0.25) is 5.91 Å². The Morgan fingerprint density at radius 3 is 2.19 bits per heavy atom. The van der Waals surface area contributed by atoms with Crippen LogP contribution < -0.4 is 5.32 Å². The van der Waals surface area contributed by atoms with Gasteiger partial charge in [-0.05, 0) is 148 Å². The van der Waals surface area contributed by atoms with Crippen LogP contribution in [0.4, 0.5) is 0 Å². The number of allylic oxidation sites excluding steroid dienone is 3. The van der Waals surface area contributed by atoms with Gasteiger partial charge in [-0.1, -0.05) is 82.7 Å². The van der Waals surface area contributed by atoms with Crippen molar-refractivity contribution in [2.45, 2.75) is 106 Å². The van der Waals surface area contributed by atoms with Gasteiger partial charge in [0.1, 0.15) is 0 Å². The van der Waals surface area contributed by atoms with Crippen molar-refractivity contribution in [1.29, 1.82) is 0 Å². The van der Waals surface area contributed by atoms with E-state index >= 15 is 0 Å². The van der Waals surface area contributed by atoms with Gasteiger partial charge in [-0.3, -0.25) is 4.79 Å². The second kappa shape index (κ2) is 12.8. The minimum absolute atomic E-state index is 0.157. The Morgan fingerprint density at radius 1 is 0.915 bits per heavy atom. The molecule has 0 unspecified atom stereocenters. The standard InChI is InChI=1S/C41H62N2O.CO2/c1-27(2)30-17-22-41(36(44)42-25-26-43(9)10)24-23-39(7)32(35(30)41)15-16-34-38(6)20-18-31(29-13-11-28(3)12-14-29)37(4,5)33(38)19-21-40(34,39)8;2-1-3/h11-14,18,30,32-35H,1,15-17,19-26H2,2-10H3,(H,42,44);/t30-,32+,33-,34+,35+,38-,39+,40+,41-;/m0./s1. The highest BCUT2D eigenvalue weighted by atomic mass is 16.2. The van der Waals surface area contributed by atoms with Gasteiger partial charge in [-0.2, -0.15) is 9.59 Å². The molecule has 0 aliphatic heterocycles. The first kappa shape index (κ1) is 35.8. The maximum Gasteiger partial charge on any atom is 0.373 e. The number of nitrogens with zero attached hydrogens (tertiary/aromatic N) is 1. The molecule has 1 aromatic rings. The molecule has 5 aliphatic carbocycles. The number of aryl methyl sites for hydroxylation is 1. The predicted molar refractivity (Wildman–Crippen MR) is 190 cm³/mol. The van der Waals surface area contributed by atoms with Crippen molar-refractivity contribution in [2.24, 2.45) is 56.7 Å². The Kier molecular flexibility index (Phi) is 9.72. The molecule has 4 fully saturated rings. The van der Waals surface area contributed by atoms with E-state index in [0.717, 1.165) is 38.3 Å². The Balaban J connectivity index is 0.00000139. The van der Waals surface area contributed by atoms with Crippen LogP contribution in [0.1, 0.15) is 110 Å². The van der Waals surface area contributed by atoms with Crippen LogP contribution in [0, 0.1) is 63.6 Å². The lowest BCUT2D eigenvalue weighted by molar-refractivity contribution is -0.225. The van der Waals surface area contributed by atoms with Gasteiger partial charge in [-0.15, -0.1) is 0 Å². The summed E-state index contributed by atoms with van der Waals surface area (Å²) in [6.45, 7) is 23.8. The zero-order chi connectivity index (χ0) is 34.6. The van der Waals surface area contributed by atoms with Crippen molar-refractivity contribution in [2.75, 3.05) is 27.2 Å². The highest BCUT2D eigenvalue weighted by Gasteiger charge is 2.71. The first-order valence-electron chi connectivity index (χ1n) is 18.4. The van der Waals surface area contributed by atoms with Crippen LogP contribution in [0.5, 0.6) is 0 Å². The van der Waals surface area contributed by atoms with E-state index in [1.807, 2.05) is 0 Å². The lowest BCUT2D eigenvalue weighted by atomic mass is 9.32. The van der Waals surface area contributed by atoms with Crippen LogP contribution in [0.25, 0.3) is 5.57 Å². The van der Waals surface area contributed by atoms with E-state index in [0.29, 0.717) is 40.4 Å². The fraction of sp³-hybridized carbons (Fsp3) is 0.714. The fourth-order valence-electron chi connectivity index (χ4n) is 12.9. The second-order valence-corrected chi connectivity index (χ2v) is 17.9. The first-order valence-corrected chi connectivity index (χ1v) is 18.4. The van der Waals surface area contributed by atoms with Crippen molar-refractivity contribution < 1.29 is 14.4 Å². The van der Waals surface area contributed by atoms with E-state index in [9.17, 15) is 4.79 Å². The van der Waals surface area contributed by atoms with E-state index in [2.05, 4.69) is 110 Å². The number of hydrogen-bond acceptors (Lipinski definition) is 4. The number of fused-ring (bicyclic) bond motifs is 7. The number of hydrogen-bond donors (Lipinski definition) is 1. The number of carbonyl (C=O) groups is 1. The minimum atomic E-state index is -0.219. The molecule has 6 rings (SSSR count). The average Bonchev–Trinajstić information content (AvgIpc) is 3.40. The van der Waals surface area contributed by atoms with Crippen molar-refractivity contribution in [3.8, 4) is 0 Å². The smallest absolute Gasteiger partial charge is 0.354 e. The molecule has 5 heteroatoms. The van der Waals surface area contributed by atoms with E-state index in [1.165, 1.54) is 55.2 Å². The number of benzene rings is 1. The SMILES string of the molecule is C=C(C)[C@@H]1CC[C@]2(C(=O)NCCN(C)C)CC[C@]3(C)[C@H](CC[C@@H]4[C@@]5(C)CC=C(c6ccc(C)cc6)C(C)(C)[C@@H]5CC[C@]43C)[C@@H]12.O=C=O. The highest BCUT2D eigenvalue weighted by molar-refractivity contribution is 5.84.